The maximum absolute atomic E-state index is 5.52. The Morgan fingerprint density at radius 1 is 1.14 bits per heavy atom. The molecule has 1 atom stereocenters. The quantitative estimate of drug-likeness (QED) is 0.835. The normalized spacial score (nSPS) is 13.5. The molecule has 1 aromatic rings. The molecule has 0 saturated heterocycles. The zero-order valence-electron chi connectivity index (χ0n) is 14.7. The molecule has 0 bridgehead atoms. The third kappa shape index (κ3) is 5.71. The fourth-order valence-corrected chi connectivity index (χ4v) is 2.45. The van der Waals surface area contributed by atoms with Crippen LogP contribution in [0.3, 0.4) is 0 Å². The molecule has 0 aliphatic heterocycles. The molecule has 0 fully saturated rings. The monoisotopic (exact) mass is 293 g/mol. The van der Waals surface area contributed by atoms with Crippen molar-refractivity contribution in [1.82, 2.24) is 15.3 Å². The van der Waals surface area contributed by atoms with Crippen molar-refractivity contribution in [3.05, 3.63) is 22.8 Å². The van der Waals surface area contributed by atoms with E-state index < -0.39 is 0 Å². The van der Waals surface area contributed by atoms with Crippen molar-refractivity contribution in [2.24, 2.45) is 0 Å². The molecular weight excluding hydrogens is 262 g/mol. The SMILES string of the molecule is CCCC(OC)c1nc(C)c(CCNC(C)(C)C)c(C)n1. The molecule has 1 heterocycles. The van der Waals surface area contributed by atoms with E-state index in [4.69, 9.17) is 4.74 Å². The maximum atomic E-state index is 5.52. The maximum Gasteiger partial charge on any atom is 0.157 e. The molecule has 0 spiro atoms. The Hall–Kier alpha value is -1.00. The van der Waals surface area contributed by atoms with E-state index in [-0.39, 0.29) is 11.6 Å². The second-order valence-corrected chi connectivity index (χ2v) is 6.67. The summed E-state index contributed by atoms with van der Waals surface area (Å²) in [5, 5.41) is 3.51. The van der Waals surface area contributed by atoms with Crippen molar-refractivity contribution in [2.75, 3.05) is 13.7 Å². The van der Waals surface area contributed by atoms with Crippen LogP contribution in [0.2, 0.25) is 0 Å². The lowest BCUT2D eigenvalue weighted by Crippen LogP contribution is -2.37. The number of aryl methyl sites for hydroxylation is 2. The van der Waals surface area contributed by atoms with Crippen LogP contribution < -0.4 is 5.32 Å². The standard InChI is InChI=1S/C17H31N3O/c1-8-9-15(21-7)16-19-12(2)14(13(3)20-16)10-11-18-17(4,5)6/h15,18H,8-11H2,1-7H3. The van der Waals surface area contributed by atoms with Gasteiger partial charge in [-0.2, -0.15) is 0 Å². The minimum Gasteiger partial charge on any atom is -0.373 e. The van der Waals surface area contributed by atoms with E-state index in [2.05, 4.69) is 56.8 Å². The van der Waals surface area contributed by atoms with Crippen molar-refractivity contribution < 1.29 is 4.74 Å². The van der Waals surface area contributed by atoms with Gasteiger partial charge in [0, 0.05) is 24.0 Å². The van der Waals surface area contributed by atoms with E-state index >= 15 is 0 Å². The van der Waals surface area contributed by atoms with Crippen molar-refractivity contribution in [1.29, 1.82) is 0 Å². The molecule has 0 aromatic carbocycles. The smallest absolute Gasteiger partial charge is 0.157 e. The summed E-state index contributed by atoms with van der Waals surface area (Å²) in [6.45, 7) is 13.8. The van der Waals surface area contributed by atoms with Gasteiger partial charge in [0.05, 0.1) is 0 Å². The first-order valence-corrected chi connectivity index (χ1v) is 7.90. The highest BCUT2D eigenvalue weighted by molar-refractivity contribution is 5.25. The summed E-state index contributed by atoms with van der Waals surface area (Å²) >= 11 is 0. The fraction of sp³-hybridized carbons (Fsp3) is 0.765. The molecule has 1 rings (SSSR count). The molecule has 21 heavy (non-hydrogen) atoms. The summed E-state index contributed by atoms with van der Waals surface area (Å²) in [5.74, 6) is 0.821. The Morgan fingerprint density at radius 3 is 2.14 bits per heavy atom. The first-order chi connectivity index (χ1) is 9.78. The third-order valence-corrected chi connectivity index (χ3v) is 3.59. The lowest BCUT2D eigenvalue weighted by atomic mass is 10.1. The van der Waals surface area contributed by atoms with E-state index in [0.29, 0.717) is 0 Å². The summed E-state index contributed by atoms with van der Waals surface area (Å²) in [6, 6.07) is 0. The molecular formula is C17H31N3O. The Morgan fingerprint density at radius 2 is 1.71 bits per heavy atom. The van der Waals surface area contributed by atoms with Gasteiger partial charge in [-0.1, -0.05) is 13.3 Å². The number of rotatable bonds is 7. The first-order valence-electron chi connectivity index (χ1n) is 7.90. The van der Waals surface area contributed by atoms with Gasteiger partial charge in [-0.3, -0.25) is 0 Å². The summed E-state index contributed by atoms with van der Waals surface area (Å²) in [7, 11) is 1.73. The van der Waals surface area contributed by atoms with Crippen LogP contribution in [-0.2, 0) is 11.2 Å². The van der Waals surface area contributed by atoms with Gasteiger partial charge in [-0.25, -0.2) is 9.97 Å². The van der Waals surface area contributed by atoms with E-state index in [0.717, 1.165) is 43.0 Å². The second-order valence-electron chi connectivity index (χ2n) is 6.67. The molecule has 0 amide bonds. The van der Waals surface area contributed by atoms with Gasteiger partial charge >= 0.3 is 0 Å². The van der Waals surface area contributed by atoms with Crippen LogP contribution in [0.25, 0.3) is 0 Å². The number of hydrogen-bond acceptors (Lipinski definition) is 4. The Bertz CT molecular complexity index is 429. The average Bonchev–Trinajstić information content (AvgIpc) is 2.37. The van der Waals surface area contributed by atoms with Gasteiger partial charge in [-0.05, 0) is 59.6 Å². The Labute approximate surface area is 129 Å². The van der Waals surface area contributed by atoms with Crippen LogP contribution in [0.4, 0.5) is 0 Å². The fourth-order valence-electron chi connectivity index (χ4n) is 2.45. The van der Waals surface area contributed by atoms with Crippen LogP contribution in [0.1, 0.15) is 69.4 Å². The number of ether oxygens (including phenoxy) is 1. The molecule has 0 aliphatic carbocycles. The molecule has 120 valence electrons. The van der Waals surface area contributed by atoms with E-state index in [1.54, 1.807) is 7.11 Å². The lowest BCUT2D eigenvalue weighted by Gasteiger charge is -2.21. The third-order valence-electron chi connectivity index (χ3n) is 3.59. The number of aromatic nitrogens is 2. The second kappa shape index (κ2) is 7.85. The molecule has 0 saturated carbocycles. The lowest BCUT2D eigenvalue weighted by molar-refractivity contribution is 0.0872. The zero-order valence-corrected chi connectivity index (χ0v) is 14.7. The van der Waals surface area contributed by atoms with Crippen molar-refractivity contribution >= 4 is 0 Å². The van der Waals surface area contributed by atoms with Gasteiger partial charge in [0.1, 0.15) is 6.10 Å². The number of methoxy groups -OCH3 is 1. The van der Waals surface area contributed by atoms with Gasteiger partial charge < -0.3 is 10.1 Å². The van der Waals surface area contributed by atoms with E-state index in [9.17, 15) is 0 Å². The summed E-state index contributed by atoms with van der Waals surface area (Å²) < 4.78 is 5.52. The van der Waals surface area contributed by atoms with E-state index in [1.807, 2.05) is 0 Å². The van der Waals surface area contributed by atoms with Gasteiger partial charge in [-0.15, -0.1) is 0 Å². The van der Waals surface area contributed by atoms with Gasteiger partial charge in [0.2, 0.25) is 0 Å². The molecule has 0 radical (unpaired) electrons. The highest BCUT2D eigenvalue weighted by Crippen LogP contribution is 2.21. The van der Waals surface area contributed by atoms with Crippen molar-refractivity contribution in [3.63, 3.8) is 0 Å². The number of hydrogen-bond donors (Lipinski definition) is 1. The summed E-state index contributed by atoms with van der Waals surface area (Å²) in [5.41, 5.74) is 3.55. The predicted molar refractivity (Wildman–Crippen MR) is 87.6 cm³/mol. The zero-order chi connectivity index (χ0) is 16.0. The van der Waals surface area contributed by atoms with Crippen molar-refractivity contribution in [2.45, 2.75) is 72.4 Å². The highest BCUT2D eigenvalue weighted by atomic mass is 16.5. The Kier molecular flexibility index (Phi) is 6.75. The highest BCUT2D eigenvalue weighted by Gasteiger charge is 2.17. The molecule has 4 nitrogen and oxygen atoms in total. The minimum atomic E-state index is 0.00847. The predicted octanol–water partition coefficient (Wildman–Crippen LogP) is 3.51. The number of nitrogens with zero attached hydrogens (tertiary/aromatic N) is 2. The van der Waals surface area contributed by atoms with Gasteiger partial charge in [0.25, 0.3) is 0 Å². The van der Waals surface area contributed by atoms with Crippen LogP contribution in [-0.4, -0.2) is 29.2 Å². The summed E-state index contributed by atoms with van der Waals surface area (Å²) in [6.07, 6.45) is 2.99. The molecule has 0 aliphatic rings. The molecule has 4 heteroatoms. The molecule has 1 unspecified atom stereocenters. The average molecular weight is 293 g/mol. The van der Waals surface area contributed by atoms with E-state index in [1.165, 1.54) is 5.56 Å². The van der Waals surface area contributed by atoms with Crippen LogP contribution in [0.15, 0.2) is 0 Å². The first kappa shape index (κ1) is 18.1. The van der Waals surface area contributed by atoms with Crippen LogP contribution in [0, 0.1) is 13.8 Å². The molecule has 1 N–H and O–H groups in total. The Balaban J connectivity index is 2.84. The van der Waals surface area contributed by atoms with Crippen molar-refractivity contribution in [3.8, 4) is 0 Å². The van der Waals surface area contributed by atoms with Crippen LogP contribution >= 0.6 is 0 Å². The van der Waals surface area contributed by atoms with Gasteiger partial charge in [0.15, 0.2) is 5.82 Å². The van der Waals surface area contributed by atoms with Crippen LogP contribution in [0.5, 0.6) is 0 Å². The number of nitrogens with one attached hydrogen (secondary N) is 1. The minimum absolute atomic E-state index is 0.00847. The largest absolute Gasteiger partial charge is 0.373 e. The topological polar surface area (TPSA) is 47.0 Å². The molecule has 1 aromatic heterocycles. The summed E-state index contributed by atoms with van der Waals surface area (Å²) in [4.78, 5) is 9.35.